The normalized spacial score (nSPS) is 11.7. The molecule has 0 radical (unpaired) electrons. The van der Waals surface area contributed by atoms with E-state index in [2.05, 4.69) is 55.5 Å². The summed E-state index contributed by atoms with van der Waals surface area (Å²) in [6, 6.07) is 31.7. The number of benzene rings is 4. The summed E-state index contributed by atoms with van der Waals surface area (Å²) in [6.07, 6.45) is 0.985. The third-order valence-corrected chi connectivity index (χ3v) is 5.34. The Hall–Kier alpha value is -3.72. The monoisotopic (exact) mass is 410 g/mol. The standard InChI is InChI=1S/C28H23FO2/c1-20(22-5-3-2-4-6-22)19-21-7-9-23(10-8-21)24-11-13-25(14-12-24)28(30)31-27-17-15-26(29)16-18-27/h2-18,20H,19H2,1H3/t20-/m0/s1. The van der Waals surface area contributed by atoms with Gasteiger partial charge in [-0.3, -0.25) is 0 Å². The Balaban J connectivity index is 1.40. The van der Waals surface area contributed by atoms with Crippen LogP contribution in [0.2, 0.25) is 0 Å². The first-order valence-electron chi connectivity index (χ1n) is 10.3. The second-order valence-corrected chi connectivity index (χ2v) is 7.63. The molecule has 31 heavy (non-hydrogen) atoms. The molecule has 0 aliphatic heterocycles. The zero-order chi connectivity index (χ0) is 21.6. The summed E-state index contributed by atoms with van der Waals surface area (Å²) in [5.41, 5.74) is 5.20. The SMILES string of the molecule is C[C@@H](Cc1ccc(-c2ccc(C(=O)Oc3ccc(F)cc3)cc2)cc1)c1ccccc1. The van der Waals surface area contributed by atoms with E-state index in [1.165, 1.54) is 35.4 Å². The summed E-state index contributed by atoms with van der Waals surface area (Å²) in [4.78, 5) is 12.3. The quantitative estimate of drug-likeness (QED) is 0.251. The van der Waals surface area contributed by atoms with Crippen molar-refractivity contribution < 1.29 is 13.9 Å². The van der Waals surface area contributed by atoms with Crippen LogP contribution in [0.4, 0.5) is 4.39 Å². The molecule has 1 atom stereocenters. The van der Waals surface area contributed by atoms with Gasteiger partial charge in [-0.1, -0.05) is 73.7 Å². The molecule has 0 saturated heterocycles. The van der Waals surface area contributed by atoms with Crippen LogP contribution >= 0.6 is 0 Å². The van der Waals surface area contributed by atoms with Crippen LogP contribution in [0.25, 0.3) is 11.1 Å². The van der Waals surface area contributed by atoms with Crippen LogP contribution < -0.4 is 4.74 Å². The molecule has 4 rings (SSSR count). The lowest BCUT2D eigenvalue weighted by Gasteiger charge is -2.12. The molecule has 4 aromatic carbocycles. The lowest BCUT2D eigenvalue weighted by molar-refractivity contribution is 0.0734. The van der Waals surface area contributed by atoms with E-state index in [0.29, 0.717) is 17.2 Å². The van der Waals surface area contributed by atoms with Crippen LogP contribution in [0.5, 0.6) is 5.75 Å². The number of hydrogen-bond donors (Lipinski definition) is 0. The molecule has 0 spiro atoms. The Bertz CT molecular complexity index is 1130. The summed E-state index contributed by atoms with van der Waals surface area (Å²) in [5, 5.41) is 0. The highest BCUT2D eigenvalue weighted by Crippen LogP contribution is 2.24. The Morgan fingerprint density at radius 1 is 0.774 bits per heavy atom. The van der Waals surface area contributed by atoms with Gasteiger partial charge in [0.05, 0.1) is 5.56 Å². The van der Waals surface area contributed by atoms with Gasteiger partial charge in [-0.05, 0) is 71.0 Å². The highest BCUT2D eigenvalue weighted by molar-refractivity contribution is 5.91. The van der Waals surface area contributed by atoms with E-state index in [1.807, 2.05) is 18.2 Å². The van der Waals surface area contributed by atoms with Crippen LogP contribution in [0.15, 0.2) is 103 Å². The fourth-order valence-corrected chi connectivity index (χ4v) is 3.55. The Kier molecular flexibility index (Phi) is 6.23. The number of esters is 1. The van der Waals surface area contributed by atoms with Crippen molar-refractivity contribution in [2.24, 2.45) is 0 Å². The average Bonchev–Trinajstić information content (AvgIpc) is 2.82. The van der Waals surface area contributed by atoms with Gasteiger partial charge in [-0.15, -0.1) is 0 Å². The van der Waals surface area contributed by atoms with Crippen LogP contribution in [0.3, 0.4) is 0 Å². The van der Waals surface area contributed by atoms with Crippen LogP contribution in [0, 0.1) is 5.82 Å². The topological polar surface area (TPSA) is 26.3 Å². The number of hydrogen-bond acceptors (Lipinski definition) is 2. The minimum absolute atomic E-state index is 0.316. The first kappa shape index (κ1) is 20.5. The molecule has 0 aromatic heterocycles. The zero-order valence-electron chi connectivity index (χ0n) is 17.3. The molecule has 154 valence electrons. The van der Waals surface area contributed by atoms with Crippen molar-refractivity contribution in [3.63, 3.8) is 0 Å². The molecule has 0 unspecified atom stereocenters. The fourth-order valence-electron chi connectivity index (χ4n) is 3.55. The van der Waals surface area contributed by atoms with Gasteiger partial charge in [-0.25, -0.2) is 9.18 Å². The van der Waals surface area contributed by atoms with Crippen LogP contribution in [-0.4, -0.2) is 5.97 Å². The molecule has 0 N–H and O–H groups in total. The molecular formula is C28H23FO2. The lowest BCUT2D eigenvalue weighted by atomic mass is 9.93. The Morgan fingerprint density at radius 2 is 1.35 bits per heavy atom. The second kappa shape index (κ2) is 9.40. The summed E-state index contributed by atoms with van der Waals surface area (Å²) in [5.74, 6) is -0.0673. The van der Waals surface area contributed by atoms with E-state index in [0.717, 1.165) is 17.5 Å². The first-order chi connectivity index (χ1) is 15.1. The highest BCUT2D eigenvalue weighted by Gasteiger charge is 2.10. The van der Waals surface area contributed by atoms with Gasteiger partial charge in [-0.2, -0.15) is 0 Å². The Morgan fingerprint density at radius 3 is 1.97 bits per heavy atom. The summed E-state index contributed by atoms with van der Waals surface area (Å²) < 4.78 is 18.3. The number of carbonyl (C=O) groups is 1. The predicted octanol–water partition coefficient (Wildman–Crippen LogP) is 7.06. The number of ether oxygens (including phenoxy) is 1. The Labute approximate surface area is 182 Å². The molecule has 2 nitrogen and oxygen atoms in total. The number of carbonyl (C=O) groups excluding carboxylic acids is 1. The zero-order valence-corrected chi connectivity index (χ0v) is 17.3. The molecule has 4 aromatic rings. The van der Waals surface area contributed by atoms with Gasteiger partial charge < -0.3 is 4.74 Å². The minimum Gasteiger partial charge on any atom is -0.423 e. The maximum absolute atomic E-state index is 13.0. The van der Waals surface area contributed by atoms with E-state index in [4.69, 9.17) is 4.74 Å². The number of halogens is 1. The molecule has 3 heteroatoms. The van der Waals surface area contributed by atoms with Crippen molar-refractivity contribution in [3.8, 4) is 16.9 Å². The van der Waals surface area contributed by atoms with Gasteiger partial charge in [0.2, 0.25) is 0 Å². The second-order valence-electron chi connectivity index (χ2n) is 7.63. The largest absolute Gasteiger partial charge is 0.423 e. The average molecular weight is 410 g/mol. The van der Waals surface area contributed by atoms with Crippen LogP contribution in [0.1, 0.15) is 34.3 Å². The van der Waals surface area contributed by atoms with Crippen molar-refractivity contribution in [1.82, 2.24) is 0 Å². The maximum atomic E-state index is 13.0. The van der Waals surface area contributed by atoms with E-state index in [-0.39, 0.29) is 5.82 Å². The molecule has 0 heterocycles. The predicted molar refractivity (Wildman–Crippen MR) is 122 cm³/mol. The molecule has 0 fully saturated rings. The lowest BCUT2D eigenvalue weighted by Crippen LogP contribution is -2.08. The summed E-state index contributed by atoms with van der Waals surface area (Å²) in [6.45, 7) is 2.24. The van der Waals surface area contributed by atoms with Crippen LogP contribution in [-0.2, 0) is 6.42 Å². The van der Waals surface area contributed by atoms with E-state index in [9.17, 15) is 9.18 Å². The molecule has 0 aliphatic carbocycles. The van der Waals surface area contributed by atoms with Crippen molar-refractivity contribution >= 4 is 5.97 Å². The van der Waals surface area contributed by atoms with Crippen molar-refractivity contribution in [1.29, 1.82) is 0 Å². The van der Waals surface area contributed by atoms with Crippen molar-refractivity contribution in [3.05, 3.63) is 126 Å². The maximum Gasteiger partial charge on any atom is 0.343 e. The van der Waals surface area contributed by atoms with Gasteiger partial charge in [0.15, 0.2) is 0 Å². The minimum atomic E-state index is -0.469. The van der Waals surface area contributed by atoms with Gasteiger partial charge >= 0.3 is 5.97 Å². The van der Waals surface area contributed by atoms with Gasteiger partial charge in [0, 0.05) is 0 Å². The molecule has 0 saturated carbocycles. The molecule has 0 amide bonds. The smallest absolute Gasteiger partial charge is 0.343 e. The number of rotatable bonds is 6. The van der Waals surface area contributed by atoms with Crippen molar-refractivity contribution in [2.45, 2.75) is 19.3 Å². The summed E-state index contributed by atoms with van der Waals surface area (Å²) in [7, 11) is 0. The van der Waals surface area contributed by atoms with Gasteiger partial charge in [0.1, 0.15) is 11.6 Å². The third kappa shape index (κ3) is 5.26. The molecule has 0 bridgehead atoms. The first-order valence-corrected chi connectivity index (χ1v) is 10.3. The van der Waals surface area contributed by atoms with E-state index in [1.54, 1.807) is 12.1 Å². The fraction of sp³-hybridized carbons (Fsp3) is 0.107. The highest BCUT2D eigenvalue weighted by atomic mass is 19.1. The molecule has 0 aliphatic rings. The van der Waals surface area contributed by atoms with E-state index < -0.39 is 5.97 Å². The van der Waals surface area contributed by atoms with Crippen molar-refractivity contribution in [2.75, 3.05) is 0 Å². The third-order valence-electron chi connectivity index (χ3n) is 5.34. The molecular weight excluding hydrogens is 387 g/mol. The summed E-state index contributed by atoms with van der Waals surface area (Å²) >= 11 is 0. The van der Waals surface area contributed by atoms with Gasteiger partial charge in [0.25, 0.3) is 0 Å². The van der Waals surface area contributed by atoms with E-state index >= 15 is 0 Å².